The van der Waals surface area contributed by atoms with Crippen molar-refractivity contribution in [2.45, 2.75) is 13.5 Å². The first-order chi connectivity index (χ1) is 12.5. The highest BCUT2D eigenvalue weighted by atomic mass is 16.5. The lowest BCUT2D eigenvalue weighted by atomic mass is 10.2. The highest BCUT2D eigenvalue weighted by molar-refractivity contribution is 5.98. The minimum absolute atomic E-state index is 0.0207. The first-order valence-electron chi connectivity index (χ1n) is 7.95. The summed E-state index contributed by atoms with van der Waals surface area (Å²) in [4.78, 5) is 23.1. The topological polar surface area (TPSA) is 73.9 Å². The van der Waals surface area contributed by atoms with E-state index in [1.165, 1.54) is 19.8 Å². The Hall–Kier alpha value is -3.28. The van der Waals surface area contributed by atoms with E-state index in [9.17, 15) is 9.59 Å². The largest absolute Gasteiger partial charge is 0.489 e. The van der Waals surface area contributed by atoms with Crippen molar-refractivity contribution in [3.63, 3.8) is 0 Å². The maximum Gasteiger partial charge on any atom is 0.354 e. The quantitative estimate of drug-likeness (QED) is 0.607. The summed E-state index contributed by atoms with van der Waals surface area (Å²) in [6, 6.07) is 15.1. The number of hydrogen-bond donors (Lipinski definition) is 1. The van der Waals surface area contributed by atoms with Crippen LogP contribution in [0.15, 0.2) is 60.3 Å². The van der Waals surface area contributed by atoms with Crippen molar-refractivity contribution in [1.82, 2.24) is 0 Å². The van der Waals surface area contributed by atoms with Gasteiger partial charge in [0.15, 0.2) is 0 Å². The molecule has 1 N–H and O–H groups in total. The zero-order chi connectivity index (χ0) is 18.9. The minimum atomic E-state index is -0.671. The predicted molar refractivity (Wildman–Crippen MR) is 97.7 cm³/mol. The van der Waals surface area contributed by atoms with Gasteiger partial charge in [-0.25, -0.2) is 9.59 Å². The number of aryl methyl sites for hydroxylation is 1. The predicted octanol–water partition coefficient (Wildman–Crippen LogP) is 3.22. The lowest BCUT2D eigenvalue weighted by Crippen LogP contribution is -2.15. The van der Waals surface area contributed by atoms with Crippen LogP contribution in [0.25, 0.3) is 0 Å². The first kappa shape index (κ1) is 19.1. The van der Waals surface area contributed by atoms with Gasteiger partial charge in [-0.05, 0) is 36.8 Å². The molecule has 0 radical (unpaired) electrons. The van der Waals surface area contributed by atoms with E-state index in [0.717, 1.165) is 11.6 Å². The molecule has 2 rings (SSSR count). The molecular formula is C20H21NO5. The molecule has 0 amide bonds. The fourth-order valence-corrected chi connectivity index (χ4v) is 2.07. The molecule has 136 valence electrons. The molecule has 2 aromatic carbocycles. The Balaban J connectivity index is 2.01. The van der Waals surface area contributed by atoms with Gasteiger partial charge in [-0.1, -0.05) is 29.8 Å². The molecular weight excluding hydrogens is 334 g/mol. The monoisotopic (exact) mass is 355 g/mol. The fraction of sp³-hybridized carbons (Fsp3) is 0.200. The number of methoxy groups -OCH3 is 2. The minimum Gasteiger partial charge on any atom is -0.489 e. The van der Waals surface area contributed by atoms with Crippen molar-refractivity contribution in [1.29, 1.82) is 0 Å². The van der Waals surface area contributed by atoms with Gasteiger partial charge in [-0.3, -0.25) is 0 Å². The van der Waals surface area contributed by atoms with Gasteiger partial charge in [0, 0.05) is 5.69 Å². The van der Waals surface area contributed by atoms with Crippen molar-refractivity contribution in [2.24, 2.45) is 0 Å². The average molecular weight is 355 g/mol. The van der Waals surface area contributed by atoms with Crippen LogP contribution < -0.4 is 10.1 Å². The van der Waals surface area contributed by atoms with Gasteiger partial charge in [-0.2, -0.15) is 0 Å². The second-order valence-electron chi connectivity index (χ2n) is 5.50. The van der Waals surface area contributed by atoms with E-state index in [2.05, 4.69) is 14.8 Å². The normalized spacial score (nSPS) is 10.8. The Kier molecular flexibility index (Phi) is 6.79. The van der Waals surface area contributed by atoms with Crippen molar-refractivity contribution in [3.05, 3.63) is 71.4 Å². The number of ether oxygens (including phenoxy) is 3. The van der Waals surface area contributed by atoms with Crippen LogP contribution in [0.4, 0.5) is 5.69 Å². The van der Waals surface area contributed by atoms with Gasteiger partial charge in [0.25, 0.3) is 0 Å². The van der Waals surface area contributed by atoms with Crippen LogP contribution in [0.2, 0.25) is 0 Å². The van der Waals surface area contributed by atoms with E-state index in [0.29, 0.717) is 18.0 Å². The highest BCUT2D eigenvalue weighted by Crippen LogP contribution is 2.19. The van der Waals surface area contributed by atoms with E-state index < -0.39 is 11.9 Å². The molecule has 0 fully saturated rings. The zero-order valence-electron chi connectivity index (χ0n) is 14.9. The van der Waals surface area contributed by atoms with Gasteiger partial charge < -0.3 is 19.5 Å². The second kappa shape index (κ2) is 9.27. The lowest BCUT2D eigenvalue weighted by Gasteiger charge is -2.11. The third-order valence-electron chi connectivity index (χ3n) is 3.53. The lowest BCUT2D eigenvalue weighted by molar-refractivity contribution is -0.138. The molecule has 0 bridgehead atoms. The van der Waals surface area contributed by atoms with E-state index in [-0.39, 0.29) is 5.70 Å². The Morgan fingerprint density at radius 2 is 1.62 bits per heavy atom. The summed E-state index contributed by atoms with van der Waals surface area (Å²) >= 11 is 0. The van der Waals surface area contributed by atoms with Crippen molar-refractivity contribution in [2.75, 3.05) is 19.5 Å². The Morgan fingerprint density at radius 1 is 0.962 bits per heavy atom. The van der Waals surface area contributed by atoms with Crippen LogP contribution in [-0.4, -0.2) is 26.2 Å². The fourth-order valence-electron chi connectivity index (χ4n) is 2.07. The maximum atomic E-state index is 11.7. The SMILES string of the molecule is COC(=O)/C=C(/Nc1ccc(OCc2ccc(C)cc2)cc1)C(=O)OC. The molecule has 0 aromatic heterocycles. The molecule has 0 aliphatic rings. The number of carbonyl (C=O) groups is 2. The highest BCUT2D eigenvalue weighted by Gasteiger charge is 2.12. The molecule has 0 spiro atoms. The van der Waals surface area contributed by atoms with Crippen LogP contribution in [0.5, 0.6) is 5.75 Å². The average Bonchev–Trinajstić information content (AvgIpc) is 2.67. The Bertz CT molecular complexity index is 779. The van der Waals surface area contributed by atoms with Gasteiger partial charge in [0.2, 0.25) is 0 Å². The summed E-state index contributed by atoms with van der Waals surface area (Å²) in [7, 11) is 2.46. The molecule has 6 nitrogen and oxygen atoms in total. The number of esters is 2. The molecule has 0 saturated carbocycles. The molecule has 0 heterocycles. The van der Waals surface area contributed by atoms with Crippen molar-refractivity contribution >= 4 is 17.6 Å². The molecule has 6 heteroatoms. The third kappa shape index (κ3) is 5.66. The summed E-state index contributed by atoms with van der Waals surface area (Å²) < 4.78 is 14.9. The second-order valence-corrected chi connectivity index (χ2v) is 5.50. The van der Waals surface area contributed by atoms with E-state index in [4.69, 9.17) is 4.74 Å². The molecule has 0 aliphatic carbocycles. The third-order valence-corrected chi connectivity index (χ3v) is 3.53. The summed E-state index contributed by atoms with van der Waals surface area (Å²) in [5.74, 6) is -0.640. The van der Waals surface area contributed by atoms with Gasteiger partial charge in [-0.15, -0.1) is 0 Å². The number of rotatable bonds is 7. The molecule has 0 atom stereocenters. The van der Waals surface area contributed by atoms with Crippen LogP contribution in [0.1, 0.15) is 11.1 Å². The van der Waals surface area contributed by atoms with Crippen molar-refractivity contribution < 1.29 is 23.8 Å². The number of carbonyl (C=O) groups excluding carboxylic acids is 2. The zero-order valence-corrected chi connectivity index (χ0v) is 14.9. The summed E-state index contributed by atoms with van der Waals surface area (Å²) in [5.41, 5.74) is 2.86. The summed E-state index contributed by atoms with van der Waals surface area (Å²) in [5, 5.41) is 2.83. The Labute approximate surface area is 152 Å². The molecule has 0 unspecified atom stereocenters. The van der Waals surface area contributed by atoms with Crippen LogP contribution in [0.3, 0.4) is 0 Å². The maximum absolute atomic E-state index is 11.7. The van der Waals surface area contributed by atoms with Gasteiger partial charge in [0.05, 0.1) is 20.3 Å². The molecule has 0 saturated heterocycles. The first-order valence-corrected chi connectivity index (χ1v) is 7.95. The van der Waals surface area contributed by atoms with E-state index in [1.807, 2.05) is 31.2 Å². The van der Waals surface area contributed by atoms with E-state index >= 15 is 0 Å². The van der Waals surface area contributed by atoms with Crippen LogP contribution in [-0.2, 0) is 25.7 Å². The summed E-state index contributed by atoms with van der Waals surface area (Å²) in [6.45, 7) is 2.50. The summed E-state index contributed by atoms with van der Waals surface area (Å²) in [6.07, 6.45) is 1.04. The van der Waals surface area contributed by atoms with Gasteiger partial charge in [0.1, 0.15) is 18.1 Å². The van der Waals surface area contributed by atoms with Crippen LogP contribution in [0, 0.1) is 6.92 Å². The van der Waals surface area contributed by atoms with E-state index in [1.54, 1.807) is 24.3 Å². The smallest absolute Gasteiger partial charge is 0.354 e. The number of anilines is 1. The molecule has 26 heavy (non-hydrogen) atoms. The molecule has 2 aromatic rings. The number of nitrogens with one attached hydrogen (secondary N) is 1. The van der Waals surface area contributed by atoms with Gasteiger partial charge >= 0.3 is 11.9 Å². The number of hydrogen-bond acceptors (Lipinski definition) is 6. The number of benzene rings is 2. The van der Waals surface area contributed by atoms with Crippen molar-refractivity contribution in [3.8, 4) is 5.75 Å². The van der Waals surface area contributed by atoms with Crippen LogP contribution >= 0.6 is 0 Å². The Morgan fingerprint density at radius 3 is 2.19 bits per heavy atom. The molecule has 0 aliphatic heterocycles. The standard InChI is InChI=1S/C20H21NO5/c1-14-4-6-15(7-5-14)13-26-17-10-8-16(9-11-17)21-18(20(23)25-3)12-19(22)24-2/h4-12,21H,13H2,1-3H3/b18-12+.